The molecular formula is C26H28O8. The van der Waals surface area contributed by atoms with Gasteiger partial charge in [-0.15, -0.1) is 0 Å². The van der Waals surface area contributed by atoms with E-state index in [0.29, 0.717) is 24.5 Å². The van der Waals surface area contributed by atoms with E-state index < -0.39 is 24.5 Å². The number of aliphatic hydroxyl groups excluding tert-OH is 1. The summed E-state index contributed by atoms with van der Waals surface area (Å²) in [4.78, 5) is 34.8. The first-order valence-electron chi connectivity index (χ1n) is 10.8. The maximum Gasteiger partial charge on any atom is 0.343 e. The van der Waals surface area contributed by atoms with E-state index in [1.165, 1.54) is 24.3 Å². The third-order valence-corrected chi connectivity index (χ3v) is 4.53. The highest BCUT2D eigenvalue weighted by atomic mass is 16.5. The number of hydrogen-bond acceptors (Lipinski definition) is 8. The highest BCUT2D eigenvalue weighted by Crippen LogP contribution is 2.20. The molecule has 2 rings (SSSR count). The first kappa shape index (κ1) is 26.3. The molecule has 0 atom stereocenters. The lowest BCUT2D eigenvalue weighted by atomic mass is 10.2. The van der Waals surface area contributed by atoms with Gasteiger partial charge >= 0.3 is 17.9 Å². The molecule has 0 aliphatic heterocycles. The summed E-state index contributed by atoms with van der Waals surface area (Å²) in [6.07, 6.45) is 4.68. The van der Waals surface area contributed by atoms with Crippen molar-refractivity contribution in [3.05, 3.63) is 78.9 Å². The Morgan fingerprint density at radius 3 is 1.94 bits per heavy atom. The van der Waals surface area contributed by atoms with Crippen LogP contribution in [0.5, 0.6) is 17.2 Å². The molecule has 0 unspecified atom stereocenters. The van der Waals surface area contributed by atoms with Gasteiger partial charge in [0.25, 0.3) is 0 Å². The quantitative estimate of drug-likeness (QED) is 0.192. The number of esters is 3. The zero-order valence-electron chi connectivity index (χ0n) is 18.9. The van der Waals surface area contributed by atoms with Crippen LogP contribution in [0, 0.1) is 0 Å². The number of unbranched alkanes of at least 4 members (excludes halogenated alkanes) is 3. The number of benzene rings is 2. The Hall–Kier alpha value is -3.91. The van der Waals surface area contributed by atoms with Crippen LogP contribution in [0.1, 0.15) is 36.0 Å². The minimum atomic E-state index is -0.735. The molecule has 0 saturated heterocycles. The second kappa shape index (κ2) is 14.3. The molecule has 8 nitrogen and oxygen atoms in total. The summed E-state index contributed by atoms with van der Waals surface area (Å²) in [5.41, 5.74) is 0.294. The average Bonchev–Trinajstić information content (AvgIpc) is 2.86. The second-order valence-corrected chi connectivity index (χ2v) is 7.17. The Bertz CT molecular complexity index is 977. The van der Waals surface area contributed by atoms with Crippen LogP contribution < -0.4 is 14.2 Å². The Morgan fingerprint density at radius 2 is 1.35 bits per heavy atom. The fraction of sp³-hybridized carbons (Fsp3) is 0.269. The van der Waals surface area contributed by atoms with Crippen LogP contribution in [0.2, 0.25) is 0 Å². The number of carbonyl (C=O) groups is 3. The third kappa shape index (κ3) is 9.30. The molecule has 0 spiro atoms. The van der Waals surface area contributed by atoms with Crippen molar-refractivity contribution in [3.8, 4) is 17.2 Å². The Labute approximate surface area is 198 Å². The first-order chi connectivity index (χ1) is 16.4. The molecule has 1 N–H and O–H groups in total. The molecule has 0 amide bonds. The molecule has 0 aliphatic carbocycles. The van der Waals surface area contributed by atoms with Crippen molar-refractivity contribution < 1.29 is 38.4 Å². The van der Waals surface area contributed by atoms with Gasteiger partial charge in [-0.3, -0.25) is 0 Å². The van der Waals surface area contributed by atoms with Crippen LogP contribution in [-0.2, 0) is 14.3 Å². The highest BCUT2D eigenvalue weighted by Gasteiger charge is 2.11. The monoisotopic (exact) mass is 468 g/mol. The van der Waals surface area contributed by atoms with E-state index in [1.807, 2.05) is 0 Å². The van der Waals surface area contributed by atoms with Crippen molar-refractivity contribution in [1.82, 2.24) is 0 Å². The lowest BCUT2D eigenvalue weighted by Crippen LogP contribution is -2.13. The molecule has 0 aliphatic rings. The van der Waals surface area contributed by atoms with Gasteiger partial charge in [0.1, 0.15) is 17.2 Å². The van der Waals surface area contributed by atoms with Crippen molar-refractivity contribution in [3.63, 3.8) is 0 Å². The summed E-state index contributed by atoms with van der Waals surface area (Å²) in [5, 5.41) is 8.88. The molecule has 0 fully saturated rings. The van der Waals surface area contributed by atoms with E-state index in [-0.39, 0.29) is 17.1 Å². The van der Waals surface area contributed by atoms with Gasteiger partial charge in [-0.05, 0) is 74.2 Å². The number of carbonyl (C=O) groups excluding carboxylic acids is 3. The van der Waals surface area contributed by atoms with Crippen LogP contribution >= 0.6 is 0 Å². The standard InChI is InChI=1S/C26H28O8/c1-3-24(28)32-17-7-5-4-6-16-31-21-10-8-20(9-11-21)26(30)34-23-14-12-22(13-15-23)33-25(29)19(2)18-27/h3,8-15,27H,1-2,4-7,16-18H2. The lowest BCUT2D eigenvalue weighted by Gasteiger charge is -2.08. The molecule has 8 heteroatoms. The van der Waals surface area contributed by atoms with Crippen LogP contribution in [-0.4, -0.2) is 42.8 Å². The molecule has 2 aromatic rings. The zero-order valence-corrected chi connectivity index (χ0v) is 18.9. The predicted octanol–water partition coefficient (Wildman–Crippen LogP) is 4.03. The highest BCUT2D eigenvalue weighted by molar-refractivity contribution is 5.91. The van der Waals surface area contributed by atoms with Gasteiger partial charge in [-0.25, -0.2) is 14.4 Å². The number of ether oxygens (including phenoxy) is 4. The van der Waals surface area contributed by atoms with Gasteiger partial charge in [0.15, 0.2) is 0 Å². The largest absolute Gasteiger partial charge is 0.494 e. The van der Waals surface area contributed by atoms with E-state index >= 15 is 0 Å². The minimum absolute atomic E-state index is 0.0633. The Balaban J connectivity index is 1.70. The lowest BCUT2D eigenvalue weighted by molar-refractivity contribution is -0.137. The van der Waals surface area contributed by atoms with E-state index in [9.17, 15) is 14.4 Å². The molecule has 0 radical (unpaired) electrons. The maximum atomic E-state index is 12.3. The van der Waals surface area contributed by atoms with Crippen LogP contribution in [0.25, 0.3) is 0 Å². The SMILES string of the molecule is C=CC(=O)OCCCCCCOc1ccc(C(=O)Oc2ccc(OC(=O)C(=C)CO)cc2)cc1. The van der Waals surface area contributed by atoms with E-state index in [4.69, 9.17) is 24.1 Å². The third-order valence-electron chi connectivity index (χ3n) is 4.53. The van der Waals surface area contributed by atoms with Crippen molar-refractivity contribution in [2.24, 2.45) is 0 Å². The maximum absolute atomic E-state index is 12.3. The minimum Gasteiger partial charge on any atom is -0.494 e. The topological polar surface area (TPSA) is 108 Å². The first-order valence-corrected chi connectivity index (χ1v) is 10.8. The van der Waals surface area contributed by atoms with Gasteiger partial charge in [0.2, 0.25) is 0 Å². The second-order valence-electron chi connectivity index (χ2n) is 7.17. The normalized spacial score (nSPS) is 10.1. The molecule has 34 heavy (non-hydrogen) atoms. The number of hydrogen-bond donors (Lipinski definition) is 1. The fourth-order valence-corrected chi connectivity index (χ4v) is 2.65. The fourth-order valence-electron chi connectivity index (χ4n) is 2.65. The van der Waals surface area contributed by atoms with Crippen molar-refractivity contribution in [2.75, 3.05) is 19.8 Å². The summed E-state index contributed by atoms with van der Waals surface area (Å²) in [6, 6.07) is 12.5. The summed E-state index contributed by atoms with van der Waals surface area (Å²) in [6.45, 7) is 7.17. The Morgan fingerprint density at radius 1 is 0.794 bits per heavy atom. The predicted molar refractivity (Wildman–Crippen MR) is 125 cm³/mol. The smallest absolute Gasteiger partial charge is 0.343 e. The van der Waals surface area contributed by atoms with Crippen LogP contribution in [0.15, 0.2) is 73.3 Å². The van der Waals surface area contributed by atoms with Crippen LogP contribution in [0.4, 0.5) is 0 Å². The summed E-state index contributed by atoms with van der Waals surface area (Å²) >= 11 is 0. The van der Waals surface area contributed by atoms with Gasteiger partial charge in [-0.2, -0.15) is 0 Å². The average molecular weight is 469 g/mol. The van der Waals surface area contributed by atoms with Crippen molar-refractivity contribution >= 4 is 17.9 Å². The van der Waals surface area contributed by atoms with E-state index in [1.54, 1.807) is 24.3 Å². The molecule has 2 aromatic carbocycles. The molecule has 180 valence electrons. The molecule has 0 aromatic heterocycles. The zero-order chi connectivity index (χ0) is 24.8. The summed E-state index contributed by atoms with van der Waals surface area (Å²) in [5.74, 6) is -0.518. The number of aliphatic hydroxyl groups is 1. The molecule has 0 bridgehead atoms. The van der Waals surface area contributed by atoms with E-state index in [2.05, 4.69) is 13.2 Å². The molecule has 0 saturated carbocycles. The van der Waals surface area contributed by atoms with Crippen molar-refractivity contribution in [1.29, 1.82) is 0 Å². The number of rotatable bonds is 14. The van der Waals surface area contributed by atoms with Crippen molar-refractivity contribution in [2.45, 2.75) is 25.7 Å². The van der Waals surface area contributed by atoms with Gasteiger partial charge in [-0.1, -0.05) is 13.2 Å². The van der Waals surface area contributed by atoms with Gasteiger partial charge < -0.3 is 24.1 Å². The van der Waals surface area contributed by atoms with Gasteiger partial charge in [0, 0.05) is 6.08 Å². The van der Waals surface area contributed by atoms with Crippen LogP contribution in [0.3, 0.4) is 0 Å². The van der Waals surface area contributed by atoms with E-state index in [0.717, 1.165) is 31.8 Å². The Kier molecular flexibility index (Phi) is 11.1. The molecular weight excluding hydrogens is 440 g/mol. The van der Waals surface area contributed by atoms with Gasteiger partial charge in [0.05, 0.1) is 31.0 Å². The summed E-state index contributed by atoms with van der Waals surface area (Å²) in [7, 11) is 0. The molecule has 0 heterocycles. The summed E-state index contributed by atoms with van der Waals surface area (Å²) < 4.78 is 20.9.